The van der Waals surface area contributed by atoms with Crippen LogP contribution in [0.25, 0.3) is 10.9 Å². The van der Waals surface area contributed by atoms with Gasteiger partial charge in [-0.2, -0.15) is 0 Å². The maximum absolute atomic E-state index is 12.1. The van der Waals surface area contributed by atoms with Gasteiger partial charge in [0.05, 0.1) is 10.9 Å². The molecule has 122 valence electrons. The number of aromatic nitrogens is 2. The van der Waals surface area contributed by atoms with Gasteiger partial charge in [0.25, 0.3) is 11.5 Å². The van der Waals surface area contributed by atoms with Crippen LogP contribution in [0.15, 0.2) is 47.3 Å². The lowest BCUT2D eigenvalue weighted by molar-refractivity contribution is 0.0706. The van der Waals surface area contributed by atoms with Gasteiger partial charge in [0, 0.05) is 5.56 Å². The highest BCUT2D eigenvalue weighted by molar-refractivity contribution is 5.96. The van der Waals surface area contributed by atoms with Crippen LogP contribution < -0.4 is 15.8 Å². The highest BCUT2D eigenvalue weighted by atomic mass is 16.5. The molecular weight excluding hydrogens is 310 g/mol. The molecule has 7 heteroatoms. The fourth-order valence-electron chi connectivity index (χ4n) is 2.33. The third-order valence-electron chi connectivity index (χ3n) is 3.58. The number of carbonyl (C=O) groups is 1. The Balaban J connectivity index is 1.92. The van der Waals surface area contributed by atoms with Crippen molar-refractivity contribution in [3.63, 3.8) is 0 Å². The van der Waals surface area contributed by atoms with Crippen LogP contribution in [0, 0.1) is 6.92 Å². The number of fused-ring (bicyclic) bond motifs is 1. The van der Waals surface area contributed by atoms with E-state index in [2.05, 4.69) is 9.97 Å². The molecule has 0 spiro atoms. The van der Waals surface area contributed by atoms with Crippen LogP contribution in [0.4, 0.5) is 0 Å². The number of rotatable bonds is 4. The number of aromatic amines is 1. The van der Waals surface area contributed by atoms with Crippen LogP contribution in [-0.4, -0.2) is 21.1 Å². The molecule has 0 atom stereocenters. The second-order valence-electron chi connectivity index (χ2n) is 5.24. The molecule has 1 aromatic heterocycles. The molecule has 0 saturated carbocycles. The molecule has 2 aromatic carbocycles. The molecule has 0 bridgehead atoms. The van der Waals surface area contributed by atoms with Gasteiger partial charge in [0.15, 0.2) is 0 Å². The first-order valence-electron chi connectivity index (χ1n) is 7.24. The van der Waals surface area contributed by atoms with Crippen molar-refractivity contribution in [3.8, 4) is 5.75 Å². The number of para-hydroxylation sites is 1. The number of ether oxygens (including phenoxy) is 1. The molecule has 3 rings (SSSR count). The smallest absolute Gasteiger partial charge is 0.274 e. The van der Waals surface area contributed by atoms with Gasteiger partial charge >= 0.3 is 0 Å². The number of nitrogens with zero attached hydrogens (tertiary/aromatic N) is 1. The molecule has 0 aliphatic carbocycles. The summed E-state index contributed by atoms with van der Waals surface area (Å²) in [6, 6.07) is 11.9. The van der Waals surface area contributed by atoms with Crippen molar-refractivity contribution in [2.24, 2.45) is 0 Å². The Bertz CT molecular complexity index is 965. The third-order valence-corrected chi connectivity index (χ3v) is 3.58. The Labute approximate surface area is 136 Å². The lowest BCUT2D eigenvalue weighted by Crippen LogP contribution is -2.19. The van der Waals surface area contributed by atoms with Gasteiger partial charge < -0.3 is 9.72 Å². The standard InChI is InChI=1S/C17H15N3O4/c1-10-4-2-3-5-14(10)24-9-15-18-13-8-11(16(21)20-23)6-7-12(13)17(22)19-15/h2-8,23H,9H2,1H3,(H,20,21)(H,18,19,22). The van der Waals surface area contributed by atoms with Gasteiger partial charge in [-0.25, -0.2) is 10.5 Å². The average Bonchev–Trinajstić information content (AvgIpc) is 2.60. The van der Waals surface area contributed by atoms with Crippen molar-refractivity contribution in [2.45, 2.75) is 13.5 Å². The minimum absolute atomic E-state index is 0.0897. The number of H-pyrrole nitrogens is 1. The van der Waals surface area contributed by atoms with E-state index in [1.165, 1.54) is 18.2 Å². The molecule has 1 heterocycles. The van der Waals surface area contributed by atoms with Crippen molar-refractivity contribution in [3.05, 3.63) is 69.8 Å². The van der Waals surface area contributed by atoms with Crippen LogP contribution >= 0.6 is 0 Å². The first kappa shape index (κ1) is 15.7. The Kier molecular flexibility index (Phi) is 4.26. The minimum atomic E-state index is -0.670. The van der Waals surface area contributed by atoms with E-state index in [1.807, 2.05) is 31.2 Å². The zero-order valence-corrected chi connectivity index (χ0v) is 12.9. The Morgan fingerprint density at radius 1 is 1.29 bits per heavy atom. The number of amides is 1. The fraction of sp³-hybridized carbons (Fsp3) is 0.118. The highest BCUT2D eigenvalue weighted by Crippen LogP contribution is 2.17. The van der Waals surface area contributed by atoms with Gasteiger partial charge in [-0.1, -0.05) is 18.2 Å². The molecule has 0 aliphatic rings. The lowest BCUT2D eigenvalue weighted by Gasteiger charge is -2.09. The van der Waals surface area contributed by atoms with Crippen molar-refractivity contribution in [1.82, 2.24) is 15.4 Å². The highest BCUT2D eigenvalue weighted by Gasteiger charge is 2.09. The van der Waals surface area contributed by atoms with Gasteiger partial charge in [-0.15, -0.1) is 0 Å². The number of hydrogen-bond acceptors (Lipinski definition) is 5. The SMILES string of the molecule is Cc1ccccc1OCc1nc2cc(C(=O)NO)ccc2c(=O)[nH]1. The molecule has 0 unspecified atom stereocenters. The number of hydroxylamine groups is 1. The normalized spacial score (nSPS) is 10.6. The molecule has 0 radical (unpaired) electrons. The molecule has 3 N–H and O–H groups in total. The molecule has 24 heavy (non-hydrogen) atoms. The number of aryl methyl sites for hydroxylation is 1. The van der Waals surface area contributed by atoms with Crippen LogP contribution in [0.3, 0.4) is 0 Å². The van der Waals surface area contributed by atoms with Gasteiger partial charge in [-0.3, -0.25) is 14.8 Å². The van der Waals surface area contributed by atoms with Crippen LogP contribution in [0.5, 0.6) is 5.75 Å². The maximum Gasteiger partial charge on any atom is 0.274 e. The second kappa shape index (κ2) is 6.51. The van der Waals surface area contributed by atoms with E-state index in [4.69, 9.17) is 9.94 Å². The van der Waals surface area contributed by atoms with Crippen molar-refractivity contribution < 1.29 is 14.7 Å². The summed E-state index contributed by atoms with van der Waals surface area (Å²) in [5.41, 5.74) is 2.76. The van der Waals surface area contributed by atoms with Gasteiger partial charge in [-0.05, 0) is 36.8 Å². The second-order valence-corrected chi connectivity index (χ2v) is 5.24. The summed E-state index contributed by atoms with van der Waals surface area (Å²) in [5.74, 6) is 0.377. The maximum atomic E-state index is 12.1. The van der Waals surface area contributed by atoms with Crippen molar-refractivity contribution >= 4 is 16.8 Å². The fourth-order valence-corrected chi connectivity index (χ4v) is 2.33. The predicted octanol–water partition coefficient (Wildman–Crippen LogP) is 1.93. The number of hydrogen-bond donors (Lipinski definition) is 3. The molecule has 0 fully saturated rings. The molecule has 0 saturated heterocycles. The molecule has 3 aromatic rings. The summed E-state index contributed by atoms with van der Waals surface area (Å²) in [6.45, 7) is 2.01. The lowest BCUT2D eigenvalue weighted by atomic mass is 10.1. The number of nitrogens with one attached hydrogen (secondary N) is 2. The van der Waals surface area contributed by atoms with E-state index in [-0.39, 0.29) is 17.7 Å². The Morgan fingerprint density at radius 2 is 2.08 bits per heavy atom. The van der Waals surface area contributed by atoms with Crippen LogP contribution in [0.2, 0.25) is 0 Å². The third kappa shape index (κ3) is 3.11. The monoisotopic (exact) mass is 325 g/mol. The Morgan fingerprint density at radius 3 is 2.83 bits per heavy atom. The summed E-state index contributed by atoms with van der Waals surface area (Å²) >= 11 is 0. The summed E-state index contributed by atoms with van der Waals surface area (Å²) < 4.78 is 5.67. The summed E-state index contributed by atoms with van der Waals surface area (Å²) in [5, 5.41) is 9.05. The molecule has 1 amide bonds. The van der Waals surface area contributed by atoms with Gasteiger partial charge in [0.2, 0.25) is 0 Å². The molecule has 0 aliphatic heterocycles. The van der Waals surface area contributed by atoms with E-state index in [1.54, 1.807) is 5.48 Å². The zero-order valence-electron chi connectivity index (χ0n) is 12.9. The molecule has 7 nitrogen and oxygen atoms in total. The van der Waals surface area contributed by atoms with E-state index in [9.17, 15) is 9.59 Å². The van der Waals surface area contributed by atoms with E-state index < -0.39 is 5.91 Å². The minimum Gasteiger partial charge on any atom is -0.485 e. The topological polar surface area (TPSA) is 104 Å². The van der Waals surface area contributed by atoms with E-state index in [0.29, 0.717) is 22.5 Å². The quantitative estimate of drug-likeness (QED) is 0.502. The number of benzene rings is 2. The summed E-state index contributed by atoms with van der Waals surface area (Å²) in [7, 11) is 0. The average molecular weight is 325 g/mol. The van der Waals surface area contributed by atoms with Crippen LogP contribution in [0.1, 0.15) is 21.7 Å². The number of carbonyl (C=O) groups excluding carboxylic acids is 1. The molecular formula is C17H15N3O4. The summed E-state index contributed by atoms with van der Waals surface area (Å²) in [6.07, 6.45) is 0. The predicted molar refractivity (Wildman–Crippen MR) is 87.1 cm³/mol. The summed E-state index contributed by atoms with van der Waals surface area (Å²) in [4.78, 5) is 30.6. The largest absolute Gasteiger partial charge is 0.485 e. The first-order valence-corrected chi connectivity index (χ1v) is 7.24. The zero-order chi connectivity index (χ0) is 17.1. The van der Waals surface area contributed by atoms with Gasteiger partial charge in [0.1, 0.15) is 18.2 Å². The van der Waals surface area contributed by atoms with E-state index in [0.717, 1.165) is 5.56 Å². The Hall–Kier alpha value is -3.19. The van der Waals surface area contributed by atoms with E-state index >= 15 is 0 Å². The van der Waals surface area contributed by atoms with Crippen molar-refractivity contribution in [2.75, 3.05) is 0 Å². The van der Waals surface area contributed by atoms with Crippen LogP contribution in [-0.2, 0) is 6.61 Å². The van der Waals surface area contributed by atoms with Crippen molar-refractivity contribution in [1.29, 1.82) is 0 Å². The first-order chi connectivity index (χ1) is 11.6.